The van der Waals surface area contributed by atoms with E-state index in [2.05, 4.69) is 88.6 Å². The second-order valence-electron chi connectivity index (χ2n) is 10.3. The molecule has 0 aromatic carbocycles. The number of hydrogen-bond acceptors (Lipinski definition) is 3. The highest BCUT2D eigenvalue weighted by Crippen LogP contribution is 2.51. The summed E-state index contributed by atoms with van der Waals surface area (Å²) in [5.41, 5.74) is 4.09. The van der Waals surface area contributed by atoms with E-state index in [1.807, 2.05) is 0 Å². The summed E-state index contributed by atoms with van der Waals surface area (Å²) >= 11 is 0. The van der Waals surface area contributed by atoms with Gasteiger partial charge in [-0.1, -0.05) is 83.1 Å². The molecule has 0 aliphatic carbocycles. The van der Waals surface area contributed by atoms with Crippen molar-refractivity contribution in [3.8, 4) is 0 Å². The van der Waals surface area contributed by atoms with E-state index in [-0.39, 0.29) is 27.4 Å². The first-order chi connectivity index (χ1) is 8.86. The molecule has 0 bridgehead atoms. The van der Waals surface area contributed by atoms with Crippen molar-refractivity contribution in [3.63, 3.8) is 0 Å². The van der Waals surface area contributed by atoms with Gasteiger partial charge in [0.1, 0.15) is 0 Å². The van der Waals surface area contributed by atoms with E-state index in [1.165, 1.54) is 0 Å². The van der Waals surface area contributed by atoms with Gasteiger partial charge in [-0.05, 0) is 0 Å². The van der Waals surface area contributed by atoms with E-state index in [1.54, 1.807) is 0 Å². The Kier molecular flexibility index (Phi) is 5.55. The summed E-state index contributed by atoms with van der Waals surface area (Å²) in [5.74, 6) is 0. The van der Waals surface area contributed by atoms with Crippen molar-refractivity contribution in [2.45, 2.75) is 88.8 Å². The highest BCUT2D eigenvalue weighted by molar-refractivity contribution is 5.90. The second kappa shape index (κ2) is 5.66. The lowest BCUT2D eigenvalue weighted by atomic mass is 9.70. The first kappa shape index (κ1) is 20.6. The maximum Gasteiger partial charge on any atom is 0.171 e. The van der Waals surface area contributed by atoms with Crippen LogP contribution in [0.2, 0.25) is 0 Å². The fourth-order valence-corrected chi connectivity index (χ4v) is 2.91. The summed E-state index contributed by atoms with van der Waals surface area (Å²) in [6.07, 6.45) is 0. The van der Waals surface area contributed by atoms with Gasteiger partial charge in [-0.25, -0.2) is 0 Å². The largest absolute Gasteiger partial charge is 0.309 e. The third-order valence-electron chi connectivity index (χ3n) is 3.92. The first-order valence-corrected chi connectivity index (χ1v) is 7.91. The molecule has 3 heteroatoms. The quantitative estimate of drug-likeness (QED) is 0.464. The number of hydroxylamine groups is 1. The Balaban J connectivity index is 0.000000384. The lowest BCUT2D eigenvalue weighted by Gasteiger charge is -2.35. The third-order valence-corrected chi connectivity index (χ3v) is 3.92. The molecule has 0 aromatic rings. The molecule has 21 heavy (non-hydrogen) atoms. The Morgan fingerprint density at radius 3 is 0.952 bits per heavy atom. The van der Waals surface area contributed by atoms with Crippen molar-refractivity contribution < 1.29 is 4.84 Å². The van der Waals surface area contributed by atoms with E-state index in [0.29, 0.717) is 0 Å². The second-order valence-corrected chi connectivity index (χ2v) is 10.3. The van der Waals surface area contributed by atoms with Gasteiger partial charge in [-0.15, -0.1) is 0 Å². The molecule has 0 saturated carbocycles. The van der Waals surface area contributed by atoms with Gasteiger partial charge < -0.3 is 5.41 Å². The van der Waals surface area contributed by atoms with Crippen LogP contribution in [-0.2, 0) is 4.84 Å². The van der Waals surface area contributed by atoms with Crippen molar-refractivity contribution in [1.29, 1.82) is 5.41 Å². The monoisotopic (exact) mass is 298 g/mol. The van der Waals surface area contributed by atoms with Crippen LogP contribution in [0.15, 0.2) is 0 Å². The normalized spacial score (nSPS) is 18.7. The zero-order valence-electron chi connectivity index (χ0n) is 16.4. The average molecular weight is 299 g/mol. The summed E-state index contributed by atoms with van der Waals surface area (Å²) in [6.45, 7) is 25.7. The molecule has 0 unspecified atom stereocenters. The number of hydrogen-bond donors (Lipinski definition) is 2. The van der Waals surface area contributed by atoms with Crippen LogP contribution < -0.4 is 5.48 Å². The Morgan fingerprint density at radius 1 is 0.714 bits per heavy atom. The lowest BCUT2D eigenvalue weighted by Crippen LogP contribution is -2.44. The van der Waals surface area contributed by atoms with Crippen molar-refractivity contribution in [3.05, 3.63) is 0 Å². The van der Waals surface area contributed by atoms with E-state index < -0.39 is 0 Å². The molecule has 1 aliphatic rings. The van der Waals surface area contributed by atoms with Crippen LogP contribution in [0.3, 0.4) is 0 Å². The van der Waals surface area contributed by atoms with Crippen LogP contribution in [0, 0.1) is 27.1 Å². The minimum Gasteiger partial charge on any atom is -0.309 e. The topological polar surface area (TPSA) is 58.3 Å². The van der Waals surface area contributed by atoms with E-state index >= 15 is 0 Å². The molecule has 2 N–H and O–H groups in total. The maximum atomic E-state index is 7.79. The van der Waals surface area contributed by atoms with E-state index in [4.69, 9.17) is 10.2 Å². The zero-order valence-corrected chi connectivity index (χ0v) is 16.4. The fourth-order valence-electron chi connectivity index (χ4n) is 2.91. The standard InChI is InChI=1S/C9H19NO.C9H19N/c1-7(2,3)9(10-11-9)8(4,5)6;1-8(2,3)7(10)9(4,5)6/h10H,1-6H3;10H,1-6H3. The highest BCUT2D eigenvalue weighted by atomic mass is 16.8. The third kappa shape index (κ3) is 5.07. The smallest absolute Gasteiger partial charge is 0.171 e. The number of nitrogens with one attached hydrogen (secondary N) is 2. The van der Waals surface area contributed by atoms with Gasteiger partial charge in [0.25, 0.3) is 0 Å². The maximum absolute atomic E-state index is 7.79. The summed E-state index contributed by atoms with van der Waals surface area (Å²) in [5, 5.41) is 7.79. The van der Waals surface area contributed by atoms with Gasteiger partial charge in [0, 0.05) is 27.4 Å². The molecule has 126 valence electrons. The molecule has 0 amide bonds. The Bertz CT molecular complexity index is 334. The van der Waals surface area contributed by atoms with Gasteiger partial charge in [-0.3, -0.25) is 4.84 Å². The molecule has 1 aliphatic heterocycles. The lowest BCUT2D eigenvalue weighted by molar-refractivity contribution is 0.0487. The van der Waals surface area contributed by atoms with Crippen LogP contribution in [0.25, 0.3) is 0 Å². The minimum atomic E-state index is -0.125. The predicted octanol–water partition coefficient (Wildman–Crippen LogP) is 5.41. The van der Waals surface area contributed by atoms with Crippen LogP contribution in [-0.4, -0.2) is 11.4 Å². The molecule has 0 radical (unpaired) electrons. The SMILES string of the molecule is CC(C)(C)C(=N)C(C)(C)C.CC(C)(C)C1(C(C)(C)C)NO1. The van der Waals surface area contributed by atoms with Crippen LogP contribution >= 0.6 is 0 Å². The number of rotatable bonds is 0. The van der Waals surface area contributed by atoms with Crippen molar-refractivity contribution in [1.82, 2.24) is 5.48 Å². The van der Waals surface area contributed by atoms with Crippen molar-refractivity contribution in [2.24, 2.45) is 21.7 Å². The van der Waals surface area contributed by atoms with Crippen molar-refractivity contribution >= 4 is 5.71 Å². The van der Waals surface area contributed by atoms with Gasteiger partial charge in [0.05, 0.1) is 0 Å². The zero-order chi connectivity index (χ0) is 17.5. The molecule has 0 atom stereocenters. The Labute approximate surface area is 132 Å². The predicted molar refractivity (Wildman–Crippen MR) is 92.5 cm³/mol. The fraction of sp³-hybridized carbons (Fsp3) is 0.944. The molecular formula is C18H38N2O. The van der Waals surface area contributed by atoms with Gasteiger partial charge >= 0.3 is 0 Å². The Morgan fingerprint density at radius 2 is 0.952 bits per heavy atom. The van der Waals surface area contributed by atoms with Gasteiger partial charge in [0.2, 0.25) is 0 Å². The molecule has 1 rings (SSSR count). The molecule has 3 nitrogen and oxygen atoms in total. The summed E-state index contributed by atoms with van der Waals surface area (Å²) in [7, 11) is 0. The Hall–Kier alpha value is -0.410. The molecule has 1 fully saturated rings. The van der Waals surface area contributed by atoms with E-state index in [9.17, 15) is 0 Å². The average Bonchev–Trinajstić information content (AvgIpc) is 2.91. The van der Waals surface area contributed by atoms with Crippen molar-refractivity contribution in [2.75, 3.05) is 0 Å². The highest BCUT2D eigenvalue weighted by Gasteiger charge is 2.62. The molecule has 1 saturated heterocycles. The summed E-state index contributed by atoms with van der Waals surface area (Å²) < 4.78 is 0. The van der Waals surface area contributed by atoms with Gasteiger partial charge in [-0.2, -0.15) is 5.48 Å². The molecule has 0 aromatic heterocycles. The van der Waals surface area contributed by atoms with Crippen LogP contribution in [0.5, 0.6) is 0 Å². The van der Waals surface area contributed by atoms with Crippen LogP contribution in [0.4, 0.5) is 0 Å². The minimum absolute atomic E-state index is 0.0260. The van der Waals surface area contributed by atoms with E-state index in [0.717, 1.165) is 5.71 Å². The van der Waals surface area contributed by atoms with Crippen LogP contribution in [0.1, 0.15) is 83.1 Å². The summed E-state index contributed by atoms with van der Waals surface area (Å²) in [4.78, 5) is 5.38. The first-order valence-electron chi connectivity index (χ1n) is 7.91. The summed E-state index contributed by atoms with van der Waals surface area (Å²) in [6, 6.07) is 0. The molecule has 1 heterocycles. The molecule has 0 spiro atoms. The molecular weight excluding hydrogens is 260 g/mol. The van der Waals surface area contributed by atoms with Gasteiger partial charge in [0.15, 0.2) is 5.72 Å².